The normalized spacial score (nSPS) is 25.0. The zero-order chi connectivity index (χ0) is 40.6. The summed E-state index contributed by atoms with van der Waals surface area (Å²) in [5.41, 5.74) is 0.611. The Hall–Kier alpha value is -5.76. The van der Waals surface area contributed by atoms with Gasteiger partial charge in [-0.15, -0.1) is 11.8 Å². The van der Waals surface area contributed by atoms with Crippen LogP contribution in [0.4, 0.5) is 21.0 Å². The summed E-state index contributed by atoms with van der Waals surface area (Å²) in [6.07, 6.45) is -2.34. The molecule has 0 aromatic heterocycles. The molecule has 4 aliphatic rings. The van der Waals surface area contributed by atoms with Gasteiger partial charge in [0.1, 0.15) is 25.0 Å². The number of fused-ring (bicyclic) bond motifs is 1. The van der Waals surface area contributed by atoms with E-state index in [9.17, 15) is 54.4 Å². The molecule has 2 N–H and O–H groups in total. The van der Waals surface area contributed by atoms with Gasteiger partial charge in [-0.1, -0.05) is 6.92 Å². The number of benzene rings is 2. The average molecular weight is 797 g/mol. The van der Waals surface area contributed by atoms with E-state index >= 15 is 0 Å². The molecule has 56 heavy (non-hydrogen) atoms. The highest BCUT2D eigenvalue weighted by Crippen LogP contribution is 2.52. The van der Waals surface area contributed by atoms with Crippen molar-refractivity contribution in [1.29, 1.82) is 0 Å². The minimum Gasteiger partial charge on any atom is -0.477 e. The van der Waals surface area contributed by atoms with Crippen LogP contribution in [0.1, 0.15) is 38.3 Å². The fourth-order valence-electron chi connectivity index (χ4n) is 7.71. The Bertz CT molecular complexity index is 1960. The van der Waals surface area contributed by atoms with Crippen molar-refractivity contribution >= 4 is 53.1 Å². The topological polar surface area (TPSA) is 244 Å². The van der Waals surface area contributed by atoms with Gasteiger partial charge in [0, 0.05) is 72.6 Å². The number of hydrogen-bond donors (Lipinski definition) is 2. The number of piperazine rings is 1. The molecule has 3 fully saturated rings. The Morgan fingerprint density at radius 3 is 1.93 bits per heavy atom. The maximum atomic E-state index is 14.3. The number of nitrogens with zero attached hydrogens (tertiary/aromatic N) is 6. The average Bonchev–Trinajstić information content (AvgIpc) is 3.69. The molecule has 0 radical (unpaired) electrons. The molecule has 3 saturated heterocycles. The number of aliphatic carboxylic acids is 1. The second kappa shape index (κ2) is 16.1. The van der Waals surface area contributed by atoms with Crippen LogP contribution >= 0.6 is 11.8 Å². The minimum atomic E-state index is -1.30. The van der Waals surface area contributed by atoms with Crippen molar-refractivity contribution in [2.24, 2.45) is 11.8 Å². The van der Waals surface area contributed by atoms with E-state index in [-0.39, 0.29) is 62.9 Å². The zero-order valence-corrected chi connectivity index (χ0v) is 31.4. The predicted octanol–water partition coefficient (Wildman–Crippen LogP) is 3.34. The van der Waals surface area contributed by atoms with Crippen LogP contribution in [0.3, 0.4) is 0 Å². The van der Waals surface area contributed by atoms with Crippen LogP contribution in [0.15, 0.2) is 59.1 Å². The zero-order valence-electron chi connectivity index (χ0n) is 30.6. The molecule has 0 saturated carbocycles. The number of carboxylic acid groups (broad SMARTS) is 1. The fourth-order valence-corrected chi connectivity index (χ4v) is 9.24. The number of likely N-dealkylation sites (tertiary alicyclic amines) is 1. The molecule has 4 aliphatic heterocycles. The van der Waals surface area contributed by atoms with Gasteiger partial charge in [0.25, 0.3) is 11.4 Å². The summed E-state index contributed by atoms with van der Waals surface area (Å²) < 4.78 is 11.0. The van der Waals surface area contributed by atoms with E-state index in [4.69, 9.17) is 9.47 Å². The lowest BCUT2D eigenvalue weighted by Gasteiger charge is -2.46. The quantitative estimate of drug-likeness (QED) is 0.188. The molecule has 20 heteroatoms. The first kappa shape index (κ1) is 39.9. The predicted molar refractivity (Wildman–Crippen MR) is 195 cm³/mol. The third-order valence-corrected chi connectivity index (χ3v) is 12.1. The third kappa shape index (κ3) is 7.83. The van der Waals surface area contributed by atoms with Gasteiger partial charge in [-0.25, -0.2) is 14.4 Å². The van der Waals surface area contributed by atoms with Crippen LogP contribution < -0.4 is 0 Å². The highest BCUT2D eigenvalue weighted by atomic mass is 32.2. The largest absolute Gasteiger partial charge is 0.477 e. The third-order valence-electron chi connectivity index (χ3n) is 10.6. The number of amides is 4. The monoisotopic (exact) mass is 796 g/mol. The molecular weight excluding hydrogens is 756 g/mol. The van der Waals surface area contributed by atoms with Gasteiger partial charge in [0.05, 0.1) is 27.9 Å². The Morgan fingerprint density at radius 1 is 0.875 bits per heavy atom. The number of thioether (sulfide) groups is 1. The number of ether oxygens (including phenoxy) is 2. The number of carboxylic acids is 1. The first-order chi connectivity index (χ1) is 26.6. The number of nitro groups is 2. The van der Waals surface area contributed by atoms with Crippen LogP contribution in [0, 0.1) is 32.1 Å². The highest BCUT2D eigenvalue weighted by Gasteiger charge is 2.60. The van der Waals surface area contributed by atoms with Crippen LogP contribution in [0.25, 0.3) is 0 Å². The van der Waals surface area contributed by atoms with Gasteiger partial charge in [0.2, 0.25) is 11.8 Å². The van der Waals surface area contributed by atoms with Crippen LogP contribution in [0.2, 0.25) is 0 Å². The summed E-state index contributed by atoms with van der Waals surface area (Å²) in [4.78, 5) is 93.1. The van der Waals surface area contributed by atoms with Crippen molar-refractivity contribution in [1.82, 2.24) is 19.6 Å². The van der Waals surface area contributed by atoms with Crippen LogP contribution in [0.5, 0.6) is 0 Å². The molecule has 6 rings (SSSR count). The molecule has 298 valence electrons. The van der Waals surface area contributed by atoms with E-state index in [1.54, 1.807) is 18.7 Å². The molecule has 7 atom stereocenters. The lowest BCUT2D eigenvalue weighted by atomic mass is 9.79. The number of aliphatic hydroxyl groups excluding tert-OH is 1. The number of carbonyl (C=O) groups excluding carboxylic acids is 4. The van der Waals surface area contributed by atoms with Gasteiger partial charge in [-0.2, -0.15) is 0 Å². The molecule has 4 amide bonds. The molecule has 2 aromatic rings. The Kier molecular flexibility index (Phi) is 11.5. The molecule has 0 aliphatic carbocycles. The summed E-state index contributed by atoms with van der Waals surface area (Å²) in [6.45, 7) is 4.98. The summed E-state index contributed by atoms with van der Waals surface area (Å²) in [5, 5.41) is 41.9. The van der Waals surface area contributed by atoms with Crippen molar-refractivity contribution in [2.75, 3.05) is 26.2 Å². The van der Waals surface area contributed by atoms with Crippen molar-refractivity contribution in [3.63, 3.8) is 0 Å². The summed E-state index contributed by atoms with van der Waals surface area (Å²) in [5.74, 6) is -3.40. The maximum Gasteiger partial charge on any atom is 0.410 e. The summed E-state index contributed by atoms with van der Waals surface area (Å²) in [6, 6.07) is 8.95. The number of carbonyl (C=O) groups is 5. The number of aliphatic hydroxyl groups is 1. The molecular formula is C36H40N6O13S. The van der Waals surface area contributed by atoms with E-state index in [1.807, 2.05) is 0 Å². The second-order valence-electron chi connectivity index (χ2n) is 14.2. The second-order valence-corrected chi connectivity index (χ2v) is 15.5. The fraction of sp³-hybridized carbons (Fsp3) is 0.472. The number of hydrogen-bond acceptors (Lipinski definition) is 13. The molecule has 0 bridgehead atoms. The molecule has 19 nitrogen and oxygen atoms in total. The lowest BCUT2D eigenvalue weighted by Crippen LogP contribution is -2.63. The van der Waals surface area contributed by atoms with Gasteiger partial charge in [-0.3, -0.25) is 34.7 Å². The Morgan fingerprint density at radius 2 is 1.43 bits per heavy atom. The molecule has 4 heterocycles. The molecule has 2 aromatic carbocycles. The standard InChI is InChI=1S/C36H40N6O13S/c1-19-15-37(35(48)54-17-22-4-8-24(9-5-22)41(50)51)12-13-38(19)32(44)27-14-26(16-39(27)36(49)55-18-23-6-10-25(11-7-23)42(52)53)56-31-20(2)29-28(21(3)43)33(45)40(29)30(31)34(46)47/h4-11,19-21,26-29,43H,12-18H2,1-3H3,(H,46,47)/t19-,20+,21+,26-,27-,28+,29+/m0/s1. The maximum absolute atomic E-state index is 14.3. The van der Waals surface area contributed by atoms with E-state index < -0.39 is 81.1 Å². The first-order valence-corrected chi connectivity index (χ1v) is 18.7. The van der Waals surface area contributed by atoms with Gasteiger partial charge >= 0.3 is 18.2 Å². The van der Waals surface area contributed by atoms with E-state index in [0.717, 1.165) is 0 Å². The van der Waals surface area contributed by atoms with Gasteiger partial charge < -0.3 is 34.4 Å². The van der Waals surface area contributed by atoms with Crippen molar-refractivity contribution in [2.45, 2.75) is 69.9 Å². The first-order valence-electron chi connectivity index (χ1n) is 17.8. The SMILES string of the molecule is C[C@@H](O)[C@H]1C(=O)N2C(C(=O)O)=C(S[C@H]3C[C@@H](C(=O)N4CCN(C(=O)OCc5ccc([N+](=O)[O-])cc5)C[C@@H]4C)N(C(=O)OCc4ccc([N+](=O)[O-])cc4)C3)[C@H](C)[C@H]12. The van der Waals surface area contributed by atoms with Crippen LogP contribution in [-0.4, -0.2) is 125 Å². The van der Waals surface area contributed by atoms with Crippen molar-refractivity contribution in [3.8, 4) is 0 Å². The smallest absolute Gasteiger partial charge is 0.410 e. The Labute approximate surface area is 324 Å². The molecule has 0 unspecified atom stereocenters. The van der Waals surface area contributed by atoms with Gasteiger partial charge in [-0.05, 0) is 55.7 Å². The lowest BCUT2D eigenvalue weighted by molar-refractivity contribution is -0.385. The van der Waals surface area contributed by atoms with E-state index in [0.29, 0.717) is 16.0 Å². The number of non-ortho nitro benzene ring substituents is 2. The molecule has 0 spiro atoms. The number of β-lactam (4-membered cyclic amide) rings is 1. The summed E-state index contributed by atoms with van der Waals surface area (Å²) in [7, 11) is 0. The minimum absolute atomic E-state index is 0.00888. The van der Waals surface area contributed by atoms with Crippen molar-refractivity contribution < 1.29 is 53.5 Å². The number of nitro benzene ring substituents is 2. The van der Waals surface area contributed by atoms with E-state index in [1.165, 1.54) is 81.9 Å². The highest BCUT2D eigenvalue weighted by molar-refractivity contribution is 8.03. The van der Waals surface area contributed by atoms with Crippen molar-refractivity contribution in [3.05, 3.63) is 90.5 Å². The van der Waals surface area contributed by atoms with E-state index in [2.05, 4.69) is 0 Å². The number of rotatable bonds is 11. The van der Waals surface area contributed by atoms with Gasteiger partial charge in [0.15, 0.2) is 0 Å². The Balaban J connectivity index is 1.15. The van der Waals surface area contributed by atoms with Crippen LogP contribution in [-0.2, 0) is 37.1 Å². The summed E-state index contributed by atoms with van der Waals surface area (Å²) >= 11 is 1.18.